The van der Waals surface area contributed by atoms with Crippen LogP contribution < -0.4 is 4.90 Å². The van der Waals surface area contributed by atoms with Crippen LogP contribution in [-0.4, -0.2) is 28.8 Å². The van der Waals surface area contributed by atoms with Gasteiger partial charge in [0, 0.05) is 42.3 Å². The third-order valence-corrected chi connectivity index (χ3v) is 4.44. The van der Waals surface area contributed by atoms with Crippen LogP contribution >= 0.6 is 0 Å². The number of nitrogens with zero attached hydrogens (tertiary/aromatic N) is 2. The van der Waals surface area contributed by atoms with Crippen LogP contribution in [-0.2, 0) is 10.2 Å². The Hall–Kier alpha value is -2.95. The molecule has 0 atom stereocenters. The van der Waals surface area contributed by atoms with Crippen LogP contribution in [0.2, 0.25) is 0 Å². The van der Waals surface area contributed by atoms with Gasteiger partial charge in [-0.2, -0.15) is 0 Å². The molecule has 3 rings (SSSR count). The minimum absolute atomic E-state index is 0.00910. The summed E-state index contributed by atoms with van der Waals surface area (Å²) in [6.07, 6.45) is 4.61. The first-order valence-corrected chi connectivity index (χ1v) is 7.65. The van der Waals surface area contributed by atoms with Crippen molar-refractivity contribution >= 4 is 23.1 Å². The van der Waals surface area contributed by atoms with Crippen molar-refractivity contribution in [3.05, 3.63) is 65.5 Å². The lowest BCUT2D eigenvalue weighted by Crippen LogP contribution is -2.33. The first-order chi connectivity index (χ1) is 11.3. The largest absolute Gasteiger partial charge is 0.507 e. The normalized spacial score (nSPS) is 16.2. The Morgan fingerprint density at radius 1 is 1.21 bits per heavy atom. The number of aliphatic hydroxyl groups is 1. The zero-order valence-corrected chi connectivity index (χ0v) is 13.9. The third kappa shape index (κ3) is 2.48. The monoisotopic (exact) mass is 321 g/mol. The second-order valence-corrected chi connectivity index (χ2v) is 6.40. The highest BCUT2D eigenvalue weighted by atomic mass is 16.3. The van der Waals surface area contributed by atoms with E-state index in [0.29, 0.717) is 11.1 Å². The van der Waals surface area contributed by atoms with Crippen LogP contribution in [0.4, 0.5) is 5.69 Å². The predicted octanol–water partition coefficient (Wildman–Crippen LogP) is 3.30. The van der Waals surface area contributed by atoms with Gasteiger partial charge in [-0.15, -0.1) is 0 Å². The number of carbonyl (C=O) groups is 1. The molecule has 5 heteroatoms. The zero-order chi connectivity index (χ0) is 17.5. The summed E-state index contributed by atoms with van der Waals surface area (Å²) >= 11 is 0. The number of carbonyl (C=O) groups excluding carboxylic acids is 1. The molecule has 1 amide bonds. The minimum atomic E-state index is -0.564. The summed E-state index contributed by atoms with van der Waals surface area (Å²) in [6, 6.07) is 8.85. The topological polar surface area (TPSA) is 77.3 Å². The van der Waals surface area contributed by atoms with Gasteiger partial charge < -0.3 is 15.4 Å². The number of hydrogen-bond acceptors (Lipinski definition) is 4. The van der Waals surface area contributed by atoms with Crippen molar-refractivity contribution in [2.24, 2.45) is 0 Å². The number of anilines is 1. The molecule has 0 radical (unpaired) electrons. The number of hydrogen-bond donors (Lipinski definition) is 2. The number of amides is 1. The molecular formula is C19H19N3O2. The van der Waals surface area contributed by atoms with E-state index in [-0.39, 0.29) is 17.4 Å². The molecular weight excluding hydrogens is 302 g/mol. The van der Waals surface area contributed by atoms with Gasteiger partial charge in [0.1, 0.15) is 5.76 Å². The summed E-state index contributed by atoms with van der Waals surface area (Å²) in [4.78, 5) is 17.9. The molecule has 1 aromatic carbocycles. The highest BCUT2D eigenvalue weighted by molar-refractivity contribution is 6.10. The highest BCUT2D eigenvalue weighted by Gasteiger charge is 2.42. The molecule has 24 heavy (non-hydrogen) atoms. The summed E-state index contributed by atoms with van der Waals surface area (Å²) < 4.78 is 0. The first-order valence-electron chi connectivity index (χ1n) is 7.65. The fourth-order valence-electron chi connectivity index (χ4n) is 2.98. The van der Waals surface area contributed by atoms with E-state index in [1.807, 2.05) is 19.9 Å². The number of nitrogens with one attached hydrogen (secondary N) is 1. The Morgan fingerprint density at radius 2 is 1.88 bits per heavy atom. The molecule has 2 N–H and O–H groups in total. The molecule has 122 valence electrons. The number of fused-ring (bicyclic) bond motifs is 1. The van der Waals surface area contributed by atoms with Crippen molar-refractivity contribution < 1.29 is 9.90 Å². The maximum atomic E-state index is 12.3. The lowest BCUT2D eigenvalue weighted by Gasteiger charge is -2.16. The van der Waals surface area contributed by atoms with E-state index in [1.54, 1.807) is 48.6 Å². The van der Waals surface area contributed by atoms with Crippen LogP contribution in [0.5, 0.6) is 0 Å². The fourth-order valence-corrected chi connectivity index (χ4v) is 2.98. The molecule has 2 aromatic rings. The van der Waals surface area contributed by atoms with Crippen molar-refractivity contribution in [1.82, 2.24) is 4.98 Å². The van der Waals surface area contributed by atoms with Crippen molar-refractivity contribution in [2.75, 3.05) is 11.9 Å². The van der Waals surface area contributed by atoms with Crippen molar-refractivity contribution in [2.45, 2.75) is 19.3 Å². The number of aliphatic hydroxyl groups excluding tert-OH is 1. The fraction of sp³-hybridized carbons (Fsp3) is 0.211. The molecule has 0 saturated heterocycles. The molecule has 1 aliphatic rings. The van der Waals surface area contributed by atoms with Gasteiger partial charge in [-0.1, -0.05) is 12.1 Å². The van der Waals surface area contributed by atoms with E-state index >= 15 is 0 Å². The van der Waals surface area contributed by atoms with Crippen molar-refractivity contribution in [3.63, 3.8) is 0 Å². The molecule has 0 unspecified atom stereocenters. The van der Waals surface area contributed by atoms with Crippen molar-refractivity contribution in [1.29, 1.82) is 5.41 Å². The van der Waals surface area contributed by atoms with E-state index in [2.05, 4.69) is 4.98 Å². The average molecular weight is 321 g/mol. The quantitative estimate of drug-likeness (QED) is 0.672. The molecule has 0 saturated carbocycles. The van der Waals surface area contributed by atoms with Crippen LogP contribution in [0.3, 0.4) is 0 Å². The lowest BCUT2D eigenvalue weighted by atomic mass is 9.86. The second kappa shape index (κ2) is 5.60. The molecule has 0 spiro atoms. The molecule has 0 fully saturated rings. The van der Waals surface area contributed by atoms with E-state index in [4.69, 9.17) is 5.41 Å². The smallest absolute Gasteiger partial charge is 0.236 e. The van der Waals surface area contributed by atoms with Crippen LogP contribution in [0, 0.1) is 5.41 Å². The van der Waals surface area contributed by atoms with E-state index < -0.39 is 5.41 Å². The van der Waals surface area contributed by atoms with Gasteiger partial charge in [0.05, 0.1) is 11.1 Å². The number of allylic oxidation sites excluding steroid dienone is 1. The minimum Gasteiger partial charge on any atom is -0.507 e. The molecule has 5 nitrogen and oxygen atoms in total. The third-order valence-electron chi connectivity index (χ3n) is 4.44. The number of pyridine rings is 1. The molecule has 0 aliphatic carbocycles. The number of aromatic nitrogens is 1. The van der Waals surface area contributed by atoms with Crippen LogP contribution in [0.15, 0.2) is 48.8 Å². The Kier molecular flexibility index (Phi) is 3.72. The summed E-state index contributed by atoms with van der Waals surface area (Å²) in [7, 11) is 1.74. The van der Waals surface area contributed by atoms with Gasteiger partial charge in [0.25, 0.3) is 0 Å². The summed E-state index contributed by atoms with van der Waals surface area (Å²) in [5, 5.41) is 18.4. The first kappa shape index (κ1) is 15.9. The van der Waals surface area contributed by atoms with Gasteiger partial charge in [-0.3, -0.25) is 9.78 Å². The van der Waals surface area contributed by atoms with Crippen LogP contribution in [0.1, 0.15) is 30.5 Å². The van der Waals surface area contributed by atoms with Gasteiger partial charge in [-0.25, -0.2) is 0 Å². The summed E-state index contributed by atoms with van der Waals surface area (Å²) in [6.45, 7) is 3.79. The Morgan fingerprint density at radius 3 is 2.54 bits per heavy atom. The zero-order valence-electron chi connectivity index (χ0n) is 13.9. The Balaban J connectivity index is 1.96. The van der Waals surface area contributed by atoms with E-state index in [0.717, 1.165) is 11.3 Å². The summed E-state index contributed by atoms with van der Waals surface area (Å²) in [5.41, 5.74) is 2.61. The number of benzene rings is 1. The van der Waals surface area contributed by atoms with E-state index in [9.17, 15) is 9.90 Å². The lowest BCUT2D eigenvalue weighted by molar-refractivity contribution is -0.121. The Bertz CT molecular complexity index is 854. The van der Waals surface area contributed by atoms with Gasteiger partial charge in [0.2, 0.25) is 5.91 Å². The predicted molar refractivity (Wildman–Crippen MR) is 94.5 cm³/mol. The SMILES string of the molecule is CN1C(=O)C(C)(C)c2ccc(/C(O)=C/C(=N)c3ccncc3)cc21. The molecule has 1 aromatic heterocycles. The molecule has 2 heterocycles. The second-order valence-electron chi connectivity index (χ2n) is 6.40. The van der Waals surface area contributed by atoms with Gasteiger partial charge in [0.15, 0.2) is 0 Å². The van der Waals surface area contributed by atoms with Gasteiger partial charge in [-0.05, 0) is 37.6 Å². The van der Waals surface area contributed by atoms with E-state index in [1.165, 1.54) is 6.08 Å². The molecule has 1 aliphatic heterocycles. The average Bonchev–Trinajstić information content (AvgIpc) is 2.76. The van der Waals surface area contributed by atoms with Crippen molar-refractivity contribution in [3.8, 4) is 0 Å². The highest BCUT2D eigenvalue weighted by Crippen LogP contribution is 2.41. The molecule has 0 bridgehead atoms. The number of rotatable bonds is 3. The Labute approximate surface area is 140 Å². The van der Waals surface area contributed by atoms with Gasteiger partial charge >= 0.3 is 0 Å². The standard InChI is InChI=1S/C19H19N3O2/c1-19(2)14-5-4-13(10-16(14)22(3)18(19)24)17(23)11-15(20)12-6-8-21-9-7-12/h4-11,20,23H,1-3H3/b17-11-,20-15?. The summed E-state index contributed by atoms with van der Waals surface area (Å²) in [5.74, 6) is 0.0211. The number of likely N-dealkylation sites (N-methyl/N-ethyl adjacent to an activating group) is 1. The van der Waals surface area contributed by atoms with Crippen LogP contribution in [0.25, 0.3) is 5.76 Å². The maximum absolute atomic E-state index is 12.3. The maximum Gasteiger partial charge on any atom is 0.236 e.